The van der Waals surface area contributed by atoms with E-state index in [0.717, 1.165) is 18.5 Å². The first-order valence-corrected chi connectivity index (χ1v) is 6.78. The minimum atomic E-state index is 0.0544. The Hall–Kier alpha value is -2.30. The van der Waals surface area contributed by atoms with E-state index < -0.39 is 0 Å². The molecule has 2 N–H and O–H groups in total. The van der Waals surface area contributed by atoms with Gasteiger partial charge in [0, 0.05) is 19.3 Å². The molecule has 0 aliphatic rings. The lowest BCUT2D eigenvalue weighted by atomic mass is 10.2. The highest BCUT2D eigenvalue weighted by atomic mass is 16.2. The summed E-state index contributed by atoms with van der Waals surface area (Å²) in [6.07, 6.45) is 4.15. The maximum atomic E-state index is 12.3. The van der Waals surface area contributed by atoms with Gasteiger partial charge in [-0.3, -0.25) is 9.48 Å². The standard InChI is InChI=1S/C15H20N4O/c1-2-8-18(10-13-6-4-3-5-7-13)15(20)12-19-11-14(16)9-17-19/h3-7,9,11H,2,8,10,12,16H2,1H3. The van der Waals surface area contributed by atoms with E-state index in [1.807, 2.05) is 35.2 Å². The van der Waals surface area contributed by atoms with E-state index in [9.17, 15) is 4.79 Å². The van der Waals surface area contributed by atoms with Crippen LogP contribution in [0.25, 0.3) is 0 Å². The lowest BCUT2D eigenvalue weighted by Gasteiger charge is -2.22. The average Bonchev–Trinajstić information content (AvgIpc) is 2.85. The average molecular weight is 272 g/mol. The molecular weight excluding hydrogens is 252 g/mol. The maximum absolute atomic E-state index is 12.3. The van der Waals surface area contributed by atoms with Crippen molar-refractivity contribution < 1.29 is 4.79 Å². The topological polar surface area (TPSA) is 64.2 Å². The van der Waals surface area contributed by atoms with Crippen molar-refractivity contribution in [2.24, 2.45) is 0 Å². The summed E-state index contributed by atoms with van der Waals surface area (Å²) < 4.78 is 1.57. The van der Waals surface area contributed by atoms with E-state index >= 15 is 0 Å². The molecule has 5 heteroatoms. The number of nitrogens with two attached hydrogens (primary N) is 1. The third-order valence-electron chi connectivity index (χ3n) is 3.01. The zero-order valence-corrected chi connectivity index (χ0v) is 11.7. The molecule has 0 spiro atoms. The second kappa shape index (κ2) is 6.75. The third-order valence-corrected chi connectivity index (χ3v) is 3.01. The van der Waals surface area contributed by atoms with Gasteiger partial charge in [-0.1, -0.05) is 37.3 Å². The molecule has 0 atom stereocenters. The molecule has 0 bridgehead atoms. The summed E-state index contributed by atoms with van der Waals surface area (Å²) in [4.78, 5) is 14.2. The van der Waals surface area contributed by atoms with Gasteiger partial charge in [0.25, 0.3) is 0 Å². The summed E-state index contributed by atoms with van der Waals surface area (Å²) in [6, 6.07) is 10.0. The molecule has 0 saturated heterocycles. The fraction of sp³-hybridized carbons (Fsp3) is 0.333. The lowest BCUT2D eigenvalue weighted by molar-refractivity contribution is -0.132. The van der Waals surface area contributed by atoms with Crippen molar-refractivity contribution in [2.45, 2.75) is 26.4 Å². The quantitative estimate of drug-likeness (QED) is 0.873. The summed E-state index contributed by atoms with van der Waals surface area (Å²) in [5.74, 6) is 0.0544. The van der Waals surface area contributed by atoms with Crippen LogP contribution in [0.1, 0.15) is 18.9 Å². The van der Waals surface area contributed by atoms with Crippen molar-refractivity contribution in [2.75, 3.05) is 12.3 Å². The number of hydrogen-bond acceptors (Lipinski definition) is 3. The number of carbonyl (C=O) groups is 1. The van der Waals surface area contributed by atoms with Crippen LogP contribution in [0.5, 0.6) is 0 Å². The van der Waals surface area contributed by atoms with E-state index in [1.165, 1.54) is 0 Å². The van der Waals surface area contributed by atoms with E-state index in [2.05, 4.69) is 12.0 Å². The number of rotatable bonds is 6. The first-order chi connectivity index (χ1) is 9.69. The van der Waals surface area contributed by atoms with Crippen LogP contribution in [0, 0.1) is 0 Å². The highest BCUT2D eigenvalue weighted by molar-refractivity contribution is 5.76. The Bertz CT molecular complexity index is 550. The fourth-order valence-electron chi connectivity index (χ4n) is 2.07. The minimum absolute atomic E-state index is 0.0544. The predicted molar refractivity (Wildman–Crippen MR) is 78.8 cm³/mol. The molecular formula is C15H20N4O. The van der Waals surface area contributed by atoms with Crippen LogP contribution in [-0.4, -0.2) is 27.1 Å². The molecule has 0 aliphatic heterocycles. The van der Waals surface area contributed by atoms with Crippen molar-refractivity contribution in [3.8, 4) is 0 Å². The van der Waals surface area contributed by atoms with Crippen molar-refractivity contribution >= 4 is 11.6 Å². The number of hydrogen-bond donors (Lipinski definition) is 1. The Morgan fingerprint density at radius 1 is 1.35 bits per heavy atom. The maximum Gasteiger partial charge on any atom is 0.244 e. The van der Waals surface area contributed by atoms with Crippen LogP contribution in [0.15, 0.2) is 42.7 Å². The molecule has 2 aromatic rings. The van der Waals surface area contributed by atoms with Crippen LogP contribution in [0.2, 0.25) is 0 Å². The normalized spacial score (nSPS) is 10.4. The number of nitrogens with zero attached hydrogens (tertiary/aromatic N) is 3. The van der Waals surface area contributed by atoms with Gasteiger partial charge in [-0.25, -0.2) is 0 Å². The summed E-state index contributed by atoms with van der Waals surface area (Å²) >= 11 is 0. The lowest BCUT2D eigenvalue weighted by Crippen LogP contribution is -2.34. The SMILES string of the molecule is CCCN(Cc1ccccc1)C(=O)Cn1cc(N)cn1. The smallest absolute Gasteiger partial charge is 0.244 e. The number of benzene rings is 1. The molecule has 0 aliphatic carbocycles. The molecule has 1 aromatic carbocycles. The number of carbonyl (C=O) groups excluding carboxylic acids is 1. The first-order valence-electron chi connectivity index (χ1n) is 6.78. The number of aromatic nitrogens is 2. The Morgan fingerprint density at radius 2 is 2.10 bits per heavy atom. The summed E-state index contributed by atoms with van der Waals surface area (Å²) in [6.45, 7) is 3.66. The molecule has 20 heavy (non-hydrogen) atoms. The Labute approximate surface area is 119 Å². The van der Waals surface area contributed by atoms with Crippen LogP contribution in [0.4, 0.5) is 5.69 Å². The summed E-state index contributed by atoms with van der Waals surface area (Å²) in [5.41, 5.74) is 7.31. The van der Waals surface area contributed by atoms with Gasteiger partial charge < -0.3 is 10.6 Å². The highest BCUT2D eigenvalue weighted by Gasteiger charge is 2.14. The molecule has 0 radical (unpaired) electrons. The van der Waals surface area contributed by atoms with Gasteiger partial charge in [0.1, 0.15) is 6.54 Å². The van der Waals surface area contributed by atoms with Gasteiger partial charge in [-0.05, 0) is 12.0 Å². The number of nitrogen functional groups attached to an aromatic ring is 1. The van der Waals surface area contributed by atoms with E-state index in [-0.39, 0.29) is 12.5 Å². The monoisotopic (exact) mass is 272 g/mol. The van der Waals surface area contributed by atoms with Crippen molar-refractivity contribution in [1.82, 2.24) is 14.7 Å². The molecule has 106 valence electrons. The Morgan fingerprint density at radius 3 is 2.70 bits per heavy atom. The number of anilines is 1. The molecule has 1 amide bonds. The second-order valence-electron chi connectivity index (χ2n) is 4.77. The minimum Gasteiger partial charge on any atom is -0.396 e. The largest absolute Gasteiger partial charge is 0.396 e. The first kappa shape index (κ1) is 14.1. The van der Waals surface area contributed by atoms with Crippen molar-refractivity contribution in [3.63, 3.8) is 0 Å². The zero-order valence-electron chi connectivity index (χ0n) is 11.7. The van der Waals surface area contributed by atoms with Gasteiger partial charge in [0.15, 0.2) is 0 Å². The number of amides is 1. The zero-order chi connectivity index (χ0) is 14.4. The van der Waals surface area contributed by atoms with Crippen LogP contribution in [0.3, 0.4) is 0 Å². The molecule has 2 rings (SSSR count). The summed E-state index contributed by atoms with van der Waals surface area (Å²) in [7, 11) is 0. The van der Waals surface area contributed by atoms with E-state index in [1.54, 1.807) is 17.1 Å². The van der Waals surface area contributed by atoms with Crippen molar-refractivity contribution in [3.05, 3.63) is 48.3 Å². The summed E-state index contributed by atoms with van der Waals surface area (Å²) in [5, 5.41) is 4.05. The van der Waals surface area contributed by atoms with Gasteiger partial charge in [0.05, 0.1) is 11.9 Å². The molecule has 1 aromatic heterocycles. The van der Waals surface area contributed by atoms with Gasteiger partial charge >= 0.3 is 0 Å². The molecule has 0 saturated carbocycles. The molecule has 0 fully saturated rings. The Balaban J connectivity index is 2.02. The molecule has 1 heterocycles. The Kier molecular flexibility index (Phi) is 4.76. The van der Waals surface area contributed by atoms with Crippen LogP contribution >= 0.6 is 0 Å². The van der Waals surface area contributed by atoms with Gasteiger partial charge in [-0.15, -0.1) is 0 Å². The van der Waals surface area contributed by atoms with Crippen LogP contribution in [-0.2, 0) is 17.9 Å². The van der Waals surface area contributed by atoms with Crippen LogP contribution < -0.4 is 5.73 Å². The van der Waals surface area contributed by atoms with E-state index in [4.69, 9.17) is 5.73 Å². The van der Waals surface area contributed by atoms with E-state index in [0.29, 0.717) is 12.2 Å². The predicted octanol–water partition coefficient (Wildman–Crippen LogP) is 1.90. The second-order valence-corrected chi connectivity index (χ2v) is 4.77. The van der Waals surface area contributed by atoms with Crippen molar-refractivity contribution in [1.29, 1.82) is 0 Å². The fourth-order valence-corrected chi connectivity index (χ4v) is 2.07. The van der Waals surface area contributed by atoms with Gasteiger partial charge in [0.2, 0.25) is 5.91 Å². The third kappa shape index (κ3) is 3.85. The molecule has 5 nitrogen and oxygen atoms in total. The van der Waals surface area contributed by atoms with Gasteiger partial charge in [-0.2, -0.15) is 5.10 Å². The highest BCUT2D eigenvalue weighted by Crippen LogP contribution is 2.07. The molecule has 0 unspecified atom stereocenters.